The summed E-state index contributed by atoms with van der Waals surface area (Å²) >= 11 is 5.77. The first-order chi connectivity index (χ1) is 11.0. The molecule has 6 heteroatoms. The number of ether oxygens (including phenoxy) is 2. The summed E-state index contributed by atoms with van der Waals surface area (Å²) in [5.74, 6) is -2.23. The van der Waals surface area contributed by atoms with Crippen LogP contribution in [0.2, 0.25) is 5.02 Å². The third-order valence-corrected chi connectivity index (χ3v) is 3.27. The fourth-order valence-corrected chi connectivity index (χ4v) is 2.31. The molecule has 0 heterocycles. The van der Waals surface area contributed by atoms with Crippen molar-refractivity contribution in [2.75, 3.05) is 0 Å². The van der Waals surface area contributed by atoms with Crippen molar-refractivity contribution in [2.45, 2.75) is 59.2 Å². The van der Waals surface area contributed by atoms with E-state index < -0.39 is 29.3 Å². The number of carbonyl (C=O) groups excluding carboxylic acids is 2. The summed E-state index contributed by atoms with van der Waals surface area (Å²) in [6.07, 6.45) is -0.196. The van der Waals surface area contributed by atoms with E-state index in [1.54, 1.807) is 34.6 Å². The summed E-state index contributed by atoms with van der Waals surface area (Å²) < 4.78 is 23.8. The number of halogens is 2. The molecule has 4 nitrogen and oxygen atoms in total. The van der Waals surface area contributed by atoms with Crippen molar-refractivity contribution in [3.63, 3.8) is 0 Å². The number of hydrogen-bond donors (Lipinski definition) is 0. The average Bonchev–Trinajstić information content (AvgIpc) is 2.39. The first-order valence-electron chi connectivity index (χ1n) is 7.84. The molecule has 0 saturated heterocycles. The maximum Gasteiger partial charge on any atom is 0.310 e. The van der Waals surface area contributed by atoms with Gasteiger partial charge < -0.3 is 9.47 Å². The van der Waals surface area contributed by atoms with Crippen LogP contribution in [-0.2, 0) is 25.5 Å². The zero-order valence-electron chi connectivity index (χ0n) is 14.7. The Morgan fingerprint density at radius 2 is 1.88 bits per heavy atom. The molecule has 0 N–H and O–H groups in total. The standard InChI is InChI=1S/C18H24ClFO4/c1-11(2)23-17(22)13(10-16(21)24-18(3,4)5)8-12-6-7-15(20)14(19)9-12/h6-7,9,11,13H,8,10H2,1-5H3/t13-/m0/s1. The Bertz CT molecular complexity index is 593. The second-order valence-electron chi connectivity index (χ2n) is 6.93. The highest BCUT2D eigenvalue weighted by Gasteiger charge is 2.27. The van der Waals surface area contributed by atoms with Gasteiger partial charge in [0.05, 0.1) is 23.5 Å². The Morgan fingerprint density at radius 1 is 1.25 bits per heavy atom. The van der Waals surface area contributed by atoms with Crippen molar-refractivity contribution >= 4 is 23.5 Å². The monoisotopic (exact) mass is 358 g/mol. The maximum atomic E-state index is 13.3. The lowest BCUT2D eigenvalue weighted by molar-refractivity contribution is -0.163. The molecule has 0 aromatic heterocycles. The quantitative estimate of drug-likeness (QED) is 0.710. The molecule has 0 amide bonds. The van der Waals surface area contributed by atoms with E-state index in [2.05, 4.69) is 0 Å². The molecule has 0 aliphatic heterocycles. The van der Waals surface area contributed by atoms with Gasteiger partial charge in [0.15, 0.2) is 0 Å². The zero-order valence-corrected chi connectivity index (χ0v) is 15.4. The van der Waals surface area contributed by atoms with Crippen molar-refractivity contribution in [3.8, 4) is 0 Å². The number of esters is 2. The highest BCUT2D eigenvalue weighted by molar-refractivity contribution is 6.30. The Kier molecular flexibility index (Phi) is 7.21. The molecule has 0 aliphatic rings. The van der Waals surface area contributed by atoms with E-state index in [1.807, 2.05) is 0 Å². The number of rotatable bonds is 6. The lowest BCUT2D eigenvalue weighted by Gasteiger charge is -2.22. The van der Waals surface area contributed by atoms with Crippen LogP contribution in [0.15, 0.2) is 18.2 Å². The molecule has 0 bridgehead atoms. The lowest BCUT2D eigenvalue weighted by atomic mass is 9.96. The molecule has 0 fully saturated rings. The van der Waals surface area contributed by atoms with Gasteiger partial charge in [-0.3, -0.25) is 9.59 Å². The van der Waals surface area contributed by atoms with Gasteiger partial charge in [0.25, 0.3) is 0 Å². The van der Waals surface area contributed by atoms with Crippen LogP contribution >= 0.6 is 11.6 Å². The van der Waals surface area contributed by atoms with Crippen LogP contribution in [0.5, 0.6) is 0 Å². The second-order valence-corrected chi connectivity index (χ2v) is 7.33. The topological polar surface area (TPSA) is 52.6 Å². The first kappa shape index (κ1) is 20.4. The molecule has 0 aliphatic carbocycles. The van der Waals surface area contributed by atoms with E-state index in [9.17, 15) is 14.0 Å². The van der Waals surface area contributed by atoms with Crippen LogP contribution in [0.4, 0.5) is 4.39 Å². The molecular weight excluding hydrogens is 335 g/mol. The summed E-state index contributed by atoms with van der Waals surface area (Å²) in [6, 6.07) is 4.21. The van der Waals surface area contributed by atoms with Crippen LogP contribution in [0, 0.1) is 11.7 Å². The first-order valence-corrected chi connectivity index (χ1v) is 8.22. The lowest BCUT2D eigenvalue weighted by Crippen LogP contribution is -2.30. The van der Waals surface area contributed by atoms with E-state index in [4.69, 9.17) is 21.1 Å². The van der Waals surface area contributed by atoms with Crippen LogP contribution < -0.4 is 0 Å². The molecule has 0 unspecified atom stereocenters. The normalized spacial score (nSPS) is 12.8. The summed E-state index contributed by atoms with van der Waals surface area (Å²) in [7, 11) is 0. The molecule has 1 atom stereocenters. The van der Waals surface area contributed by atoms with Crippen LogP contribution in [0.25, 0.3) is 0 Å². The molecule has 1 rings (SSSR count). The van der Waals surface area contributed by atoms with Gasteiger partial charge >= 0.3 is 11.9 Å². The SMILES string of the molecule is CC(C)OC(=O)[C@H](CC(=O)OC(C)(C)C)Cc1ccc(F)c(Cl)c1. The third-order valence-electron chi connectivity index (χ3n) is 2.98. The molecule has 1 aromatic rings. The van der Waals surface area contributed by atoms with Gasteiger partial charge in [-0.05, 0) is 58.7 Å². The van der Waals surface area contributed by atoms with Gasteiger partial charge in [-0.15, -0.1) is 0 Å². The highest BCUT2D eigenvalue weighted by Crippen LogP contribution is 2.22. The van der Waals surface area contributed by atoms with Gasteiger partial charge in [-0.1, -0.05) is 17.7 Å². The van der Waals surface area contributed by atoms with Gasteiger partial charge in [0.1, 0.15) is 11.4 Å². The molecule has 134 valence electrons. The van der Waals surface area contributed by atoms with E-state index >= 15 is 0 Å². The molecule has 1 aromatic carbocycles. The van der Waals surface area contributed by atoms with E-state index in [0.29, 0.717) is 5.56 Å². The summed E-state index contributed by atoms with van der Waals surface area (Å²) in [4.78, 5) is 24.3. The largest absolute Gasteiger partial charge is 0.463 e. The van der Waals surface area contributed by atoms with E-state index in [0.717, 1.165) is 0 Å². The minimum atomic E-state index is -0.719. The maximum absolute atomic E-state index is 13.3. The van der Waals surface area contributed by atoms with Crippen molar-refractivity contribution in [2.24, 2.45) is 5.92 Å². The van der Waals surface area contributed by atoms with Crippen molar-refractivity contribution in [1.82, 2.24) is 0 Å². The predicted octanol–water partition coefficient (Wildman–Crippen LogP) is 4.32. The van der Waals surface area contributed by atoms with Crippen LogP contribution in [0.3, 0.4) is 0 Å². The second kappa shape index (κ2) is 8.47. The van der Waals surface area contributed by atoms with Crippen LogP contribution in [-0.4, -0.2) is 23.6 Å². The van der Waals surface area contributed by atoms with Crippen molar-refractivity contribution in [1.29, 1.82) is 0 Å². The van der Waals surface area contributed by atoms with Crippen molar-refractivity contribution < 1.29 is 23.5 Å². The van der Waals surface area contributed by atoms with E-state index in [1.165, 1.54) is 18.2 Å². The van der Waals surface area contributed by atoms with E-state index in [-0.39, 0.29) is 24.0 Å². The minimum absolute atomic E-state index is 0.0271. The molecule has 0 spiro atoms. The summed E-state index contributed by atoms with van der Waals surface area (Å²) in [6.45, 7) is 8.73. The van der Waals surface area contributed by atoms with Gasteiger partial charge in [0.2, 0.25) is 0 Å². The molecule has 24 heavy (non-hydrogen) atoms. The van der Waals surface area contributed by atoms with Crippen LogP contribution in [0.1, 0.15) is 46.6 Å². The zero-order chi connectivity index (χ0) is 18.5. The number of hydrogen-bond acceptors (Lipinski definition) is 4. The smallest absolute Gasteiger partial charge is 0.310 e. The minimum Gasteiger partial charge on any atom is -0.463 e. The Hall–Kier alpha value is -1.62. The Balaban J connectivity index is 2.90. The highest BCUT2D eigenvalue weighted by atomic mass is 35.5. The number of benzene rings is 1. The third kappa shape index (κ3) is 7.30. The fraction of sp³-hybridized carbons (Fsp3) is 0.556. The molecular formula is C18H24ClFO4. The molecule has 0 saturated carbocycles. The Labute approximate surface area is 147 Å². The summed E-state index contributed by atoms with van der Waals surface area (Å²) in [5, 5.41) is -0.0271. The average molecular weight is 359 g/mol. The fourth-order valence-electron chi connectivity index (χ4n) is 2.10. The summed E-state index contributed by atoms with van der Waals surface area (Å²) in [5.41, 5.74) is 0.0126. The predicted molar refractivity (Wildman–Crippen MR) is 90.3 cm³/mol. The Morgan fingerprint density at radius 3 is 2.38 bits per heavy atom. The molecule has 0 radical (unpaired) electrons. The van der Waals surface area contributed by atoms with Gasteiger partial charge in [0, 0.05) is 0 Å². The van der Waals surface area contributed by atoms with Crippen molar-refractivity contribution in [3.05, 3.63) is 34.6 Å². The number of carbonyl (C=O) groups is 2. The van der Waals surface area contributed by atoms with Gasteiger partial charge in [-0.2, -0.15) is 0 Å². The van der Waals surface area contributed by atoms with Gasteiger partial charge in [-0.25, -0.2) is 4.39 Å².